The summed E-state index contributed by atoms with van der Waals surface area (Å²) in [4.78, 5) is 11.7. The van der Waals surface area contributed by atoms with Crippen molar-refractivity contribution in [3.05, 3.63) is 28.8 Å². The zero-order valence-electron chi connectivity index (χ0n) is 8.84. The Labute approximate surface area is 104 Å². The Morgan fingerprint density at radius 3 is 2.88 bits per heavy atom. The molecule has 1 amide bonds. The fourth-order valence-corrected chi connectivity index (χ4v) is 1.39. The maximum Gasteiger partial charge on any atom is 0.255 e. The minimum absolute atomic E-state index is 0.0829. The molecule has 0 fully saturated rings. The summed E-state index contributed by atoms with van der Waals surface area (Å²) < 4.78 is 0. The molecule has 16 heavy (non-hydrogen) atoms. The highest BCUT2D eigenvalue weighted by Crippen LogP contribution is 2.21. The van der Waals surface area contributed by atoms with Gasteiger partial charge in [0.05, 0.1) is 5.56 Å². The first-order valence-electron chi connectivity index (χ1n) is 4.87. The molecular formula is C11H13Cl2NO2. The summed E-state index contributed by atoms with van der Waals surface area (Å²) in [5.74, 6) is 0.228. The number of alkyl halides is 1. The van der Waals surface area contributed by atoms with Crippen LogP contribution in [0.5, 0.6) is 5.75 Å². The van der Waals surface area contributed by atoms with Gasteiger partial charge >= 0.3 is 0 Å². The van der Waals surface area contributed by atoms with Gasteiger partial charge < -0.3 is 10.4 Å². The predicted molar refractivity (Wildman–Crippen MR) is 65.3 cm³/mol. The van der Waals surface area contributed by atoms with Crippen molar-refractivity contribution in [2.75, 3.05) is 12.4 Å². The van der Waals surface area contributed by atoms with E-state index in [4.69, 9.17) is 23.2 Å². The normalized spacial score (nSPS) is 12.2. The molecule has 1 aromatic rings. The number of aromatic hydroxyl groups is 1. The molecule has 0 aliphatic carbocycles. The number of phenolic OH excluding ortho intramolecular Hbond substituents is 1. The number of carbonyl (C=O) groups is 1. The summed E-state index contributed by atoms with van der Waals surface area (Å²) in [6.45, 7) is 2.39. The van der Waals surface area contributed by atoms with E-state index in [0.29, 0.717) is 17.4 Å². The summed E-state index contributed by atoms with van der Waals surface area (Å²) in [5, 5.41) is 12.6. The molecule has 5 heteroatoms. The number of hydrogen-bond acceptors (Lipinski definition) is 2. The first-order valence-corrected chi connectivity index (χ1v) is 5.78. The molecule has 0 aliphatic heterocycles. The van der Waals surface area contributed by atoms with Crippen LogP contribution in [0.25, 0.3) is 0 Å². The lowest BCUT2D eigenvalue weighted by Crippen LogP contribution is -2.28. The van der Waals surface area contributed by atoms with Crippen LogP contribution >= 0.6 is 23.2 Å². The number of halogens is 2. The fourth-order valence-electron chi connectivity index (χ4n) is 1.11. The molecular weight excluding hydrogens is 249 g/mol. The molecule has 1 rings (SSSR count). The Bertz CT molecular complexity index is 382. The Kier molecular flexibility index (Phi) is 4.90. The van der Waals surface area contributed by atoms with Crippen LogP contribution in [0.3, 0.4) is 0 Å². The van der Waals surface area contributed by atoms with Crippen molar-refractivity contribution in [1.29, 1.82) is 0 Å². The van der Waals surface area contributed by atoms with Crippen molar-refractivity contribution in [3.63, 3.8) is 0 Å². The van der Waals surface area contributed by atoms with Gasteiger partial charge in [0.25, 0.3) is 5.91 Å². The molecule has 0 spiro atoms. The van der Waals surface area contributed by atoms with E-state index in [1.807, 2.05) is 6.92 Å². The SMILES string of the molecule is CC(CCl)CNC(=O)c1cc(Cl)ccc1O. The van der Waals surface area contributed by atoms with Gasteiger partial charge in [-0.1, -0.05) is 18.5 Å². The van der Waals surface area contributed by atoms with Gasteiger partial charge in [0, 0.05) is 17.4 Å². The monoisotopic (exact) mass is 261 g/mol. The molecule has 88 valence electrons. The molecule has 0 bridgehead atoms. The standard InChI is InChI=1S/C11H13Cl2NO2/c1-7(5-12)6-14-11(16)9-4-8(13)2-3-10(9)15/h2-4,7,15H,5-6H2,1H3,(H,14,16). The zero-order valence-corrected chi connectivity index (χ0v) is 10.3. The van der Waals surface area contributed by atoms with Crippen molar-refractivity contribution < 1.29 is 9.90 Å². The smallest absolute Gasteiger partial charge is 0.255 e. The van der Waals surface area contributed by atoms with E-state index in [2.05, 4.69) is 5.32 Å². The van der Waals surface area contributed by atoms with Crippen LogP contribution < -0.4 is 5.32 Å². The Balaban J connectivity index is 2.69. The quantitative estimate of drug-likeness (QED) is 0.819. The highest BCUT2D eigenvalue weighted by Gasteiger charge is 2.12. The summed E-state index contributed by atoms with van der Waals surface area (Å²) in [6, 6.07) is 4.34. The third kappa shape index (κ3) is 3.58. The lowest BCUT2D eigenvalue weighted by atomic mass is 10.1. The summed E-state index contributed by atoms with van der Waals surface area (Å²) >= 11 is 11.4. The second-order valence-corrected chi connectivity index (χ2v) is 4.38. The van der Waals surface area contributed by atoms with Gasteiger partial charge in [-0.15, -0.1) is 11.6 Å². The summed E-state index contributed by atoms with van der Waals surface area (Å²) in [5.41, 5.74) is 0.175. The molecule has 1 aromatic carbocycles. The molecule has 0 aliphatic rings. The number of carbonyl (C=O) groups excluding carboxylic acids is 1. The zero-order chi connectivity index (χ0) is 12.1. The number of amides is 1. The number of benzene rings is 1. The van der Waals surface area contributed by atoms with Gasteiger partial charge in [-0.25, -0.2) is 0 Å². The predicted octanol–water partition coefficient (Wildman–Crippen LogP) is 2.65. The second-order valence-electron chi connectivity index (χ2n) is 3.63. The van der Waals surface area contributed by atoms with E-state index in [9.17, 15) is 9.90 Å². The van der Waals surface area contributed by atoms with Crippen LogP contribution in [0.4, 0.5) is 0 Å². The van der Waals surface area contributed by atoms with Gasteiger partial charge in [-0.05, 0) is 24.1 Å². The van der Waals surface area contributed by atoms with E-state index in [1.54, 1.807) is 0 Å². The van der Waals surface area contributed by atoms with Crippen molar-refractivity contribution >= 4 is 29.1 Å². The fraction of sp³-hybridized carbons (Fsp3) is 0.364. The average molecular weight is 262 g/mol. The molecule has 1 atom stereocenters. The summed E-state index contributed by atoms with van der Waals surface area (Å²) in [7, 11) is 0. The number of rotatable bonds is 4. The van der Waals surface area contributed by atoms with Crippen LogP contribution in [0.15, 0.2) is 18.2 Å². The third-order valence-electron chi connectivity index (χ3n) is 2.08. The van der Waals surface area contributed by atoms with E-state index in [1.165, 1.54) is 18.2 Å². The third-order valence-corrected chi connectivity index (χ3v) is 2.84. The van der Waals surface area contributed by atoms with Gasteiger partial charge in [-0.2, -0.15) is 0 Å². The van der Waals surface area contributed by atoms with Gasteiger partial charge in [-0.3, -0.25) is 4.79 Å². The Hall–Kier alpha value is -0.930. The highest BCUT2D eigenvalue weighted by molar-refractivity contribution is 6.31. The number of phenols is 1. The Morgan fingerprint density at radius 2 is 2.25 bits per heavy atom. The molecule has 3 nitrogen and oxygen atoms in total. The van der Waals surface area contributed by atoms with Crippen molar-refractivity contribution in [2.24, 2.45) is 5.92 Å². The highest BCUT2D eigenvalue weighted by atomic mass is 35.5. The maximum atomic E-state index is 11.7. The van der Waals surface area contributed by atoms with Crippen molar-refractivity contribution in [1.82, 2.24) is 5.32 Å². The van der Waals surface area contributed by atoms with Crippen LogP contribution in [0, 0.1) is 5.92 Å². The lowest BCUT2D eigenvalue weighted by Gasteiger charge is -2.10. The van der Waals surface area contributed by atoms with Crippen LogP contribution in [0.2, 0.25) is 5.02 Å². The van der Waals surface area contributed by atoms with E-state index >= 15 is 0 Å². The summed E-state index contributed by atoms with van der Waals surface area (Å²) in [6.07, 6.45) is 0. The minimum Gasteiger partial charge on any atom is -0.507 e. The van der Waals surface area contributed by atoms with Gasteiger partial charge in [0.1, 0.15) is 5.75 Å². The molecule has 0 saturated carbocycles. The largest absolute Gasteiger partial charge is 0.507 e. The molecule has 1 unspecified atom stereocenters. The number of nitrogens with one attached hydrogen (secondary N) is 1. The molecule has 2 N–H and O–H groups in total. The minimum atomic E-state index is -0.350. The second kappa shape index (κ2) is 5.97. The van der Waals surface area contributed by atoms with E-state index in [0.717, 1.165) is 0 Å². The molecule has 0 saturated heterocycles. The van der Waals surface area contributed by atoms with Gasteiger partial charge in [0.2, 0.25) is 0 Å². The van der Waals surface area contributed by atoms with Gasteiger partial charge in [0.15, 0.2) is 0 Å². The van der Waals surface area contributed by atoms with E-state index < -0.39 is 0 Å². The first kappa shape index (κ1) is 13.1. The average Bonchev–Trinajstić information content (AvgIpc) is 2.28. The van der Waals surface area contributed by atoms with Crippen molar-refractivity contribution in [2.45, 2.75) is 6.92 Å². The van der Waals surface area contributed by atoms with Crippen LogP contribution in [-0.4, -0.2) is 23.4 Å². The van der Waals surface area contributed by atoms with Crippen LogP contribution in [0.1, 0.15) is 17.3 Å². The van der Waals surface area contributed by atoms with E-state index in [-0.39, 0.29) is 23.1 Å². The van der Waals surface area contributed by atoms with Crippen molar-refractivity contribution in [3.8, 4) is 5.75 Å². The van der Waals surface area contributed by atoms with Crippen LogP contribution in [-0.2, 0) is 0 Å². The molecule has 0 radical (unpaired) electrons. The maximum absolute atomic E-state index is 11.7. The molecule has 0 aromatic heterocycles. The first-order chi connectivity index (χ1) is 7.54. The topological polar surface area (TPSA) is 49.3 Å². The molecule has 0 heterocycles. The Morgan fingerprint density at radius 1 is 1.56 bits per heavy atom. The lowest BCUT2D eigenvalue weighted by molar-refractivity contribution is 0.0946. The number of hydrogen-bond donors (Lipinski definition) is 2.